The van der Waals surface area contributed by atoms with Crippen LogP contribution in [0.5, 0.6) is 11.5 Å². The van der Waals surface area contributed by atoms with E-state index in [2.05, 4.69) is 0 Å². The zero-order chi connectivity index (χ0) is 14.8. The average molecular weight is 279 g/mol. The van der Waals surface area contributed by atoms with Crippen LogP contribution >= 0.6 is 0 Å². The number of carbonyl (C=O) groups is 1. The Kier molecular flexibility index (Phi) is 4.18. The Bertz CT molecular complexity index is 495. The van der Waals surface area contributed by atoms with Crippen molar-refractivity contribution < 1.29 is 19.4 Å². The van der Waals surface area contributed by atoms with Gasteiger partial charge in [-0.15, -0.1) is 0 Å². The van der Waals surface area contributed by atoms with Gasteiger partial charge in [0.05, 0.1) is 38.5 Å². The molecule has 5 heteroatoms. The monoisotopic (exact) mass is 279 g/mol. The highest BCUT2D eigenvalue weighted by molar-refractivity contribution is 5.97. The van der Waals surface area contributed by atoms with Gasteiger partial charge < -0.3 is 19.5 Å². The number of ether oxygens (including phenoxy) is 2. The number of aliphatic hydroxyl groups is 1. The van der Waals surface area contributed by atoms with E-state index in [-0.39, 0.29) is 5.91 Å². The van der Waals surface area contributed by atoms with Gasteiger partial charge in [0.1, 0.15) is 11.5 Å². The van der Waals surface area contributed by atoms with Gasteiger partial charge >= 0.3 is 0 Å². The molecule has 110 valence electrons. The summed E-state index contributed by atoms with van der Waals surface area (Å²) in [6.07, 6.45) is 1.63. The van der Waals surface area contributed by atoms with E-state index in [1.165, 1.54) is 7.11 Å². The van der Waals surface area contributed by atoms with Gasteiger partial charge in [-0.25, -0.2) is 0 Å². The first-order chi connectivity index (χ1) is 9.53. The molecule has 0 aromatic heterocycles. The third-order valence-electron chi connectivity index (χ3n) is 3.61. The van der Waals surface area contributed by atoms with Crippen molar-refractivity contribution in [3.05, 3.63) is 23.8 Å². The lowest BCUT2D eigenvalue weighted by Crippen LogP contribution is -2.63. The van der Waals surface area contributed by atoms with Crippen LogP contribution in [0.15, 0.2) is 18.2 Å². The molecule has 1 aliphatic heterocycles. The first-order valence-corrected chi connectivity index (χ1v) is 6.76. The molecule has 1 fully saturated rings. The van der Waals surface area contributed by atoms with Crippen LogP contribution in [0.25, 0.3) is 0 Å². The Labute approximate surface area is 119 Å². The molecule has 1 N–H and O–H groups in total. The van der Waals surface area contributed by atoms with Crippen molar-refractivity contribution in [1.29, 1.82) is 0 Å². The molecular formula is C15H21NO4. The van der Waals surface area contributed by atoms with Crippen LogP contribution in [0.3, 0.4) is 0 Å². The molecule has 0 atom stereocenters. The second kappa shape index (κ2) is 5.71. The lowest BCUT2D eigenvalue weighted by Gasteiger charge is -2.46. The summed E-state index contributed by atoms with van der Waals surface area (Å²) in [6, 6.07) is 5.11. The van der Waals surface area contributed by atoms with Crippen molar-refractivity contribution in [3.8, 4) is 11.5 Å². The maximum absolute atomic E-state index is 12.4. The van der Waals surface area contributed by atoms with Gasteiger partial charge in [0.25, 0.3) is 5.91 Å². The standard InChI is InChI=1S/C15H21NO4/c1-4-7-15(18)9-16(10-15)14(17)12-6-5-11(19-2)8-13(12)20-3/h5-6,8,18H,4,7,9-10H2,1-3H3. The van der Waals surface area contributed by atoms with Crippen molar-refractivity contribution in [3.63, 3.8) is 0 Å². The van der Waals surface area contributed by atoms with E-state index in [1.54, 1.807) is 30.2 Å². The van der Waals surface area contributed by atoms with Gasteiger partial charge in [-0.05, 0) is 18.6 Å². The Morgan fingerprint density at radius 3 is 2.60 bits per heavy atom. The van der Waals surface area contributed by atoms with Crippen molar-refractivity contribution in [2.45, 2.75) is 25.4 Å². The summed E-state index contributed by atoms with van der Waals surface area (Å²) < 4.78 is 10.3. The lowest BCUT2D eigenvalue weighted by atomic mass is 9.88. The second-order valence-corrected chi connectivity index (χ2v) is 5.20. The van der Waals surface area contributed by atoms with Gasteiger partial charge in [0.2, 0.25) is 0 Å². The molecule has 0 radical (unpaired) electrons. The van der Waals surface area contributed by atoms with Crippen molar-refractivity contribution in [2.24, 2.45) is 0 Å². The molecule has 0 unspecified atom stereocenters. The Hall–Kier alpha value is -1.75. The van der Waals surface area contributed by atoms with E-state index >= 15 is 0 Å². The van der Waals surface area contributed by atoms with Gasteiger partial charge in [0, 0.05) is 6.07 Å². The quantitative estimate of drug-likeness (QED) is 0.891. The van der Waals surface area contributed by atoms with Crippen molar-refractivity contribution >= 4 is 5.91 Å². The Morgan fingerprint density at radius 1 is 1.35 bits per heavy atom. The van der Waals surface area contributed by atoms with Crippen molar-refractivity contribution in [1.82, 2.24) is 4.90 Å². The van der Waals surface area contributed by atoms with Crippen LogP contribution in [0.4, 0.5) is 0 Å². The third kappa shape index (κ3) is 2.72. The number of hydrogen-bond acceptors (Lipinski definition) is 4. The van der Waals surface area contributed by atoms with Gasteiger partial charge in [0.15, 0.2) is 0 Å². The molecular weight excluding hydrogens is 258 g/mol. The molecule has 2 rings (SSSR count). The Morgan fingerprint density at radius 2 is 2.05 bits per heavy atom. The summed E-state index contributed by atoms with van der Waals surface area (Å²) in [7, 11) is 3.09. The largest absolute Gasteiger partial charge is 0.497 e. The van der Waals surface area contributed by atoms with E-state index in [4.69, 9.17) is 9.47 Å². The molecule has 1 saturated heterocycles. The number of carbonyl (C=O) groups excluding carboxylic acids is 1. The molecule has 1 amide bonds. The fraction of sp³-hybridized carbons (Fsp3) is 0.533. The summed E-state index contributed by atoms with van der Waals surface area (Å²) >= 11 is 0. The normalized spacial score (nSPS) is 16.5. The number of β-amino-alcohol motifs (C(OH)–C–C–N with tert-alkyl or cyclic N) is 1. The van der Waals surface area contributed by atoms with Crippen molar-refractivity contribution in [2.75, 3.05) is 27.3 Å². The molecule has 0 bridgehead atoms. The number of methoxy groups -OCH3 is 2. The van der Waals surface area contributed by atoms with Crippen LogP contribution in [0.1, 0.15) is 30.1 Å². The number of likely N-dealkylation sites (tertiary alicyclic amines) is 1. The highest BCUT2D eigenvalue weighted by Gasteiger charge is 2.43. The third-order valence-corrected chi connectivity index (χ3v) is 3.61. The zero-order valence-electron chi connectivity index (χ0n) is 12.2. The predicted molar refractivity (Wildman–Crippen MR) is 75.3 cm³/mol. The van der Waals surface area contributed by atoms with E-state index in [0.717, 1.165) is 12.8 Å². The summed E-state index contributed by atoms with van der Waals surface area (Å²) in [5.41, 5.74) is -0.226. The molecule has 5 nitrogen and oxygen atoms in total. The molecule has 0 spiro atoms. The maximum Gasteiger partial charge on any atom is 0.257 e. The lowest BCUT2D eigenvalue weighted by molar-refractivity contribution is -0.0860. The van der Waals surface area contributed by atoms with Gasteiger partial charge in [-0.2, -0.15) is 0 Å². The fourth-order valence-electron chi connectivity index (χ4n) is 2.58. The number of nitrogens with zero attached hydrogens (tertiary/aromatic N) is 1. The molecule has 1 aliphatic rings. The Balaban J connectivity index is 2.11. The zero-order valence-corrected chi connectivity index (χ0v) is 12.2. The smallest absolute Gasteiger partial charge is 0.257 e. The minimum absolute atomic E-state index is 0.120. The molecule has 1 aromatic carbocycles. The van der Waals surface area contributed by atoms with E-state index < -0.39 is 5.60 Å². The summed E-state index contributed by atoms with van der Waals surface area (Å²) in [4.78, 5) is 14.0. The number of benzene rings is 1. The maximum atomic E-state index is 12.4. The van der Waals surface area contributed by atoms with E-state index in [9.17, 15) is 9.90 Å². The van der Waals surface area contributed by atoms with Crippen LogP contribution < -0.4 is 9.47 Å². The molecule has 1 heterocycles. The first kappa shape index (κ1) is 14.7. The SMILES string of the molecule is CCCC1(O)CN(C(=O)c2ccc(OC)cc2OC)C1. The van der Waals surface area contributed by atoms with Gasteiger partial charge in [-0.3, -0.25) is 4.79 Å². The molecule has 20 heavy (non-hydrogen) atoms. The summed E-state index contributed by atoms with van der Waals surface area (Å²) in [5, 5.41) is 10.1. The first-order valence-electron chi connectivity index (χ1n) is 6.76. The van der Waals surface area contributed by atoms with E-state index in [1.807, 2.05) is 6.92 Å². The molecule has 0 aliphatic carbocycles. The number of amides is 1. The molecule has 0 saturated carbocycles. The average Bonchev–Trinajstić information content (AvgIpc) is 2.43. The minimum atomic E-state index is -0.718. The highest BCUT2D eigenvalue weighted by Crippen LogP contribution is 2.31. The minimum Gasteiger partial charge on any atom is -0.497 e. The highest BCUT2D eigenvalue weighted by atomic mass is 16.5. The van der Waals surface area contributed by atoms with Crippen LogP contribution in [0.2, 0.25) is 0 Å². The van der Waals surface area contributed by atoms with E-state index in [0.29, 0.717) is 30.2 Å². The fourth-order valence-corrected chi connectivity index (χ4v) is 2.58. The van der Waals surface area contributed by atoms with Crippen LogP contribution in [0, 0.1) is 0 Å². The predicted octanol–water partition coefficient (Wildman–Crippen LogP) is 1.69. The summed E-state index contributed by atoms with van der Waals surface area (Å²) in [6.45, 7) is 2.79. The molecule has 1 aromatic rings. The van der Waals surface area contributed by atoms with Crippen LogP contribution in [-0.4, -0.2) is 48.8 Å². The van der Waals surface area contributed by atoms with Crippen LogP contribution in [-0.2, 0) is 0 Å². The number of rotatable bonds is 5. The second-order valence-electron chi connectivity index (χ2n) is 5.20. The number of hydrogen-bond donors (Lipinski definition) is 1. The summed E-state index contributed by atoms with van der Waals surface area (Å²) in [5.74, 6) is 1.01. The van der Waals surface area contributed by atoms with Gasteiger partial charge in [-0.1, -0.05) is 13.3 Å². The topological polar surface area (TPSA) is 59.0 Å².